The number of benzene rings is 1. The molecule has 2 heterocycles. The summed E-state index contributed by atoms with van der Waals surface area (Å²) in [5.41, 5.74) is 1.19. The van der Waals surface area contributed by atoms with Crippen molar-refractivity contribution >= 4 is 27.4 Å². The maximum atomic E-state index is 5.16. The van der Waals surface area contributed by atoms with Crippen LogP contribution in [0.15, 0.2) is 35.7 Å². The molecule has 0 aliphatic heterocycles. The Morgan fingerprint density at radius 2 is 1.95 bits per heavy atom. The molecule has 1 aromatic carbocycles. The minimum atomic E-state index is 0.728. The van der Waals surface area contributed by atoms with Crippen molar-refractivity contribution in [1.29, 1.82) is 0 Å². The van der Waals surface area contributed by atoms with E-state index in [0.29, 0.717) is 0 Å². The van der Waals surface area contributed by atoms with Crippen molar-refractivity contribution in [2.45, 2.75) is 13.5 Å². The van der Waals surface area contributed by atoms with Crippen molar-refractivity contribution in [2.75, 3.05) is 12.4 Å². The van der Waals surface area contributed by atoms with Gasteiger partial charge in [-0.3, -0.25) is 0 Å². The smallest absolute Gasteiger partial charge is 0.138 e. The molecule has 4 nitrogen and oxygen atoms in total. The summed E-state index contributed by atoms with van der Waals surface area (Å²) in [6.07, 6.45) is 0. The topological polar surface area (TPSA) is 47.0 Å². The fraction of sp³-hybridized carbons (Fsp3) is 0.200. The Labute approximate surface area is 121 Å². The first-order valence-electron chi connectivity index (χ1n) is 6.35. The first-order valence-corrected chi connectivity index (χ1v) is 7.23. The van der Waals surface area contributed by atoms with Crippen LogP contribution < -0.4 is 10.1 Å². The maximum Gasteiger partial charge on any atom is 0.138 e. The zero-order valence-corrected chi connectivity index (χ0v) is 12.2. The Hall–Kier alpha value is -2.14. The van der Waals surface area contributed by atoms with Gasteiger partial charge in [0.25, 0.3) is 0 Å². The van der Waals surface area contributed by atoms with Gasteiger partial charge in [-0.05, 0) is 36.1 Å². The first kappa shape index (κ1) is 12.9. The van der Waals surface area contributed by atoms with E-state index < -0.39 is 0 Å². The standard InChI is InChI=1S/C15H15N3OS/c1-10-17-14(13-7-8-20-15(13)18-10)16-9-11-3-5-12(19-2)6-4-11/h3-8H,9H2,1-2H3,(H,16,17,18). The molecule has 1 N–H and O–H groups in total. The lowest BCUT2D eigenvalue weighted by Gasteiger charge is -2.08. The average Bonchev–Trinajstić information content (AvgIpc) is 2.93. The molecule has 0 radical (unpaired) electrons. The molecule has 5 heteroatoms. The van der Waals surface area contributed by atoms with Crippen LogP contribution >= 0.6 is 11.3 Å². The fourth-order valence-corrected chi connectivity index (χ4v) is 2.84. The highest BCUT2D eigenvalue weighted by atomic mass is 32.1. The number of hydrogen-bond donors (Lipinski definition) is 1. The minimum absolute atomic E-state index is 0.728. The van der Waals surface area contributed by atoms with E-state index in [0.717, 1.165) is 34.2 Å². The van der Waals surface area contributed by atoms with Gasteiger partial charge in [-0.15, -0.1) is 11.3 Å². The quantitative estimate of drug-likeness (QED) is 0.795. The number of methoxy groups -OCH3 is 1. The van der Waals surface area contributed by atoms with Crippen LogP contribution in [0.25, 0.3) is 10.2 Å². The summed E-state index contributed by atoms with van der Waals surface area (Å²) in [7, 11) is 1.67. The third kappa shape index (κ3) is 2.58. The van der Waals surface area contributed by atoms with E-state index in [-0.39, 0.29) is 0 Å². The van der Waals surface area contributed by atoms with Crippen LogP contribution in [0, 0.1) is 6.92 Å². The van der Waals surface area contributed by atoms with Crippen LogP contribution in [0.2, 0.25) is 0 Å². The van der Waals surface area contributed by atoms with Crippen LogP contribution in [0.3, 0.4) is 0 Å². The summed E-state index contributed by atoms with van der Waals surface area (Å²) < 4.78 is 5.16. The van der Waals surface area contributed by atoms with Crippen LogP contribution in [0.4, 0.5) is 5.82 Å². The van der Waals surface area contributed by atoms with Gasteiger partial charge in [0.2, 0.25) is 0 Å². The molecular weight excluding hydrogens is 270 g/mol. The molecule has 0 spiro atoms. The van der Waals surface area contributed by atoms with Crippen LogP contribution in [0.5, 0.6) is 5.75 Å². The molecule has 0 aliphatic carbocycles. The van der Waals surface area contributed by atoms with Gasteiger partial charge in [0.15, 0.2) is 0 Å². The van der Waals surface area contributed by atoms with E-state index in [4.69, 9.17) is 4.74 Å². The number of aryl methyl sites for hydroxylation is 1. The second kappa shape index (κ2) is 5.46. The number of aromatic nitrogens is 2. The number of ether oxygens (including phenoxy) is 1. The average molecular weight is 285 g/mol. The lowest BCUT2D eigenvalue weighted by Crippen LogP contribution is -2.03. The van der Waals surface area contributed by atoms with Gasteiger partial charge in [0.05, 0.1) is 12.5 Å². The number of rotatable bonds is 4. The summed E-state index contributed by atoms with van der Waals surface area (Å²) >= 11 is 1.63. The Morgan fingerprint density at radius 1 is 1.15 bits per heavy atom. The molecule has 3 rings (SSSR count). The van der Waals surface area contributed by atoms with Crippen LogP contribution in [-0.2, 0) is 6.54 Å². The number of nitrogens with one attached hydrogen (secondary N) is 1. The molecule has 0 aliphatic rings. The van der Waals surface area contributed by atoms with Crippen molar-refractivity contribution in [3.05, 3.63) is 47.1 Å². The maximum absolute atomic E-state index is 5.16. The molecule has 0 atom stereocenters. The summed E-state index contributed by atoms with van der Waals surface area (Å²) in [5.74, 6) is 2.55. The molecule has 0 amide bonds. The second-order valence-electron chi connectivity index (χ2n) is 4.46. The Bertz CT molecular complexity index is 722. The summed E-state index contributed by atoms with van der Waals surface area (Å²) in [5, 5.41) is 6.50. The molecule has 0 bridgehead atoms. The summed E-state index contributed by atoms with van der Waals surface area (Å²) in [4.78, 5) is 9.93. The SMILES string of the molecule is COc1ccc(CNc2nc(C)nc3sccc23)cc1. The summed E-state index contributed by atoms with van der Waals surface area (Å²) in [6.45, 7) is 2.64. The monoisotopic (exact) mass is 285 g/mol. The highest BCUT2D eigenvalue weighted by molar-refractivity contribution is 7.16. The zero-order valence-electron chi connectivity index (χ0n) is 11.4. The van der Waals surface area contributed by atoms with E-state index >= 15 is 0 Å². The number of thiophene rings is 1. The van der Waals surface area contributed by atoms with E-state index in [2.05, 4.69) is 21.4 Å². The van der Waals surface area contributed by atoms with Crippen molar-refractivity contribution in [3.63, 3.8) is 0 Å². The molecule has 0 saturated heterocycles. The number of nitrogens with zero attached hydrogens (tertiary/aromatic N) is 2. The lowest BCUT2D eigenvalue weighted by atomic mass is 10.2. The molecule has 3 aromatic rings. The van der Waals surface area contributed by atoms with Crippen molar-refractivity contribution in [3.8, 4) is 5.75 Å². The molecule has 0 unspecified atom stereocenters. The predicted molar refractivity (Wildman–Crippen MR) is 82.5 cm³/mol. The number of fused-ring (bicyclic) bond motifs is 1. The molecular formula is C15H15N3OS. The number of anilines is 1. The van der Waals surface area contributed by atoms with Crippen molar-refractivity contribution < 1.29 is 4.74 Å². The van der Waals surface area contributed by atoms with Gasteiger partial charge < -0.3 is 10.1 Å². The highest BCUT2D eigenvalue weighted by Crippen LogP contribution is 2.25. The van der Waals surface area contributed by atoms with Crippen LogP contribution in [0.1, 0.15) is 11.4 Å². The predicted octanol–water partition coefficient (Wildman–Crippen LogP) is 3.62. The van der Waals surface area contributed by atoms with Crippen molar-refractivity contribution in [1.82, 2.24) is 9.97 Å². The largest absolute Gasteiger partial charge is 0.497 e. The van der Waals surface area contributed by atoms with Gasteiger partial charge in [0, 0.05) is 6.54 Å². The van der Waals surface area contributed by atoms with E-state index in [1.807, 2.05) is 36.6 Å². The lowest BCUT2D eigenvalue weighted by molar-refractivity contribution is 0.414. The first-order chi connectivity index (χ1) is 9.76. The molecule has 0 fully saturated rings. The minimum Gasteiger partial charge on any atom is -0.497 e. The Kier molecular flexibility index (Phi) is 3.52. The van der Waals surface area contributed by atoms with Gasteiger partial charge in [-0.25, -0.2) is 9.97 Å². The zero-order chi connectivity index (χ0) is 13.9. The molecule has 20 heavy (non-hydrogen) atoms. The van der Waals surface area contributed by atoms with Gasteiger partial charge >= 0.3 is 0 Å². The Morgan fingerprint density at radius 3 is 2.70 bits per heavy atom. The van der Waals surface area contributed by atoms with E-state index in [1.54, 1.807) is 18.4 Å². The third-order valence-electron chi connectivity index (χ3n) is 3.06. The summed E-state index contributed by atoms with van der Waals surface area (Å²) in [6, 6.07) is 10.1. The third-order valence-corrected chi connectivity index (χ3v) is 3.86. The fourth-order valence-electron chi connectivity index (χ4n) is 2.03. The molecule has 0 saturated carbocycles. The van der Waals surface area contributed by atoms with E-state index in [9.17, 15) is 0 Å². The van der Waals surface area contributed by atoms with Gasteiger partial charge in [-0.2, -0.15) is 0 Å². The second-order valence-corrected chi connectivity index (χ2v) is 5.36. The van der Waals surface area contributed by atoms with Crippen molar-refractivity contribution in [2.24, 2.45) is 0 Å². The molecule has 102 valence electrons. The normalized spacial score (nSPS) is 10.7. The van der Waals surface area contributed by atoms with Gasteiger partial charge in [0.1, 0.15) is 22.2 Å². The highest BCUT2D eigenvalue weighted by Gasteiger charge is 2.06. The van der Waals surface area contributed by atoms with E-state index in [1.165, 1.54) is 5.56 Å². The van der Waals surface area contributed by atoms with Gasteiger partial charge in [-0.1, -0.05) is 12.1 Å². The number of hydrogen-bond acceptors (Lipinski definition) is 5. The van der Waals surface area contributed by atoms with Crippen LogP contribution in [-0.4, -0.2) is 17.1 Å². The Balaban J connectivity index is 1.80. The molecule has 2 aromatic heterocycles.